The molecule has 0 spiro atoms. The van der Waals surface area contributed by atoms with Crippen LogP contribution in [0.1, 0.15) is 32.6 Å². The molecular formula is C12H20O5. The van der Waals surface area contributed by atoms with Gasteiger partial charge >= 0.3 is 11.9 Å². The molecule has 0 aromatic carbocycles. The summed E-state index contributed by atoms with van der Waals surface area (Å²) < 4.78 is 9.38. The second-order valence-electron chi connectivity index (χ2n) is 3.45. The molecule has 0 fully saturated rings. The zero-order valence-electron chi connectivity index (χ0n) is 10.2. The minimum atomic E-state index is -0.665. The Balaban J connectivity index is 3.56. The Kier molecular flexibility index (Phi) is 10.2. The van der Waals surface area contributed by atoms with Crippen molar-refractivity contribution in [2.24, 2.45) is 0 Å². The second-order valence-corrected chi connectivity index (χ2v) is 3.45. The van der Waals surface area contributed by atoms with E-state index in [1.165, 1.54) is 0 Å². The van der Waals surface area contributed by atoms with E-state index < -0.39 is 11.9 Å². The van der Waals surface area contributed by atoms with E-state index in [0.29, 0.717) is 6.61 Å². The number of esters is 2. The number of aliphatic hydroxyl groups excluding tert-OH is 1. The number of aliphatic hydroxyl groups is 1. The highest BCUT2D eigenvalue weighted by Gasteiger charge is 2.00. The highest BCUT2D eigenvalue weighted by Crippen LogP contribution is 1.99. The molecule has 0 bridgehead atoms. The molecule has 5 nitrogen and oxygen atoms in total. The maximum atomic E-state index is 11.1. The third kappa shape index (κ3) is 10.9. The normalized spacial score (nSPS) is 10.5. The second kappa shape index (κ2) is 11.1. The van der Waals surface area contributed by atoms with Gasteiger partial charge in [-0.3, -0.25) is 0 Å². The summed E-state index contributed by atoms with van der Waals surface area (Å²) in [6.07, 6.45) is 6.14. The van der Waals surface area contributed by atoms with Crippen LogP contribution in [0.2, 0.25) is 0 Å². The molecule has 0 atom stereocenters. The van der Waals surface area contributed by atoms with E-state index in [4.69, 9.17) is 9.84 Å². The van der Waals surface area contributed by atoms with Crippen LogP contribution in [-0.4, -0.2) is 36.9 Å². The lowest BCUT2D eigenvalue weighted by Gasteiger charge is -2.01. The molecule has 0 aliphatic carbocycles. The molecule has 0 saturated carbocycles. The van der Waals surface area contributed by atoms with E-state index in [2.05, 4.69) is 11.7 Å². The van der Waals surface area contributed by atoms with E-state index >= 15 is 0 Å². The molecular weight excluding hydrogens is 224 g/mol. The number of carbonyl (C=O) groups is 2. The molecule has 0 aliphatic rings. The largest absolute Gasteiger partial charge is 0.463 e. The van der Waals surface area contributed by atoms with Gasteiger partial charge in [0, 0.05) is 12.2 Å². The van der Waals surface area contributed by atoms with Crippen molar-refractivity contribution in [2.75, 3.05) is 19.8 Å². The molecule has 0 amide bonds. The Morgan fingerprint density at radius 2 is 1.59 bits per heavy atom. The Labute approximate surface area is 101 Å². The lowest BCUT2D eigenvalue weighted by molar-refractivity contribution is -0.141. The van der Waals surface area contributed by atoms with Crippen LogP contribution in [0.5, 0.6) is 0 Å². The lowest BCUT2D eigenvalue weighted by Crippen LogP contribution is -2.07. The molecule has 1 N–H and O–H groups in total. The number of unbranched alkanes of at least 4 members (excludes halogenated alkanes) is 3. The first-order valence-electron chi connectivity index (χ1n) is 5.83. The zero-order chi connectivity index (χ0) is 12.9. The van der Waals surface area contributed by atoms with Crippen LogP contribution < -0.4 is 0 Å². The number of hydrogen-bond donors (Lipinski definition) is 1. The molecule has 5 heteroatoms. The first-order chi connectivity index (χ1) is 8.20. The van der Waals surface area contributed by atoms with Gasteiger partial charge in [0.15, 0.2) is 0 Å². The fourth-order valence-corrected chi connectivity index (χ4v) is 1.08. The van der Waals surface area contributed by atoms with E-state index in [9.17, 15) is 9.59 Å². The molecule has 0 unspecified atom stereocenters. The van der Waals surface area contributed by atoms with Gasteiger partial charge in [-0.25, -0.2) is 9.59 Å². The fraction of sp³-hybridized carbons (Fsp3) is 0.667. The van der Waals surface area contributed by atoms with Gasteiger partial charge in [-0.1, -0.05) is 26.2 Å². The van der Waals surface area contributed by atoms with Crippen LogP contribution >= 0.6 is 0 Å². The van der Waals surface area contributed by atoms with E-state index in [1.807, 2.05) is 0 Å². The smallest absolute Gasteiger partial charge is 0.331 e. The summed E-state index contributed by atoms with van der Waals surface area (Å²) >= 11 is 0. The highest BCUT2D eigenvalue weighted by atomic mass is 16.5. The molecule has 17 heavy (non-hydrogen) atoms. The summed E-state index contributed by atoms with van der Waals surface area (Å²) in [7, 11) is 0. The molecule has 0 rings (SSSR count). The highest BCUT2D eigenvalue weighted by molar-refractivity contribution is 5.91. The molecule has 0 radical (unpaired) electrons. The summed E-state index contributed by atoms with van der Waals surface area (Å²) in [5.41, 5.74) is 0. The maximum absolute atomic E-state index is 11.1. The van der Waals surface area contributed by atoms with Crippen LogP contribution in [0, 0.1) is 0 Å². The Bertz CT molecular complexity index is 247. The molecule has 0 aromatic heterocycles. The van der Waals surface area contributed by atoms with Crippen LogP contribution in [0.4, 0.5) is 0 Å². The standard InChI is InChI=1S/C12H20O5/c1-2-3-4-5-9-16-11(14)6-7-12(15)17-10-8-13/h6-7,13H,2-5,8-10H2,1H3. The van der Waals surface area contributed by atoms with E-state index in [0.717, 1.165) is 37.8 Å². The summed E-state index contributed by atoms with van der Waals surface area (Å²) in [5, 5.41) is 8.39. The Morgan fingerprint density at radius 3 is 2.12 bits per heavy atom. The number of rotatable bonds is 9. The van der Waals surface area contributed by atoms with Crippen LogP contribution in [0.25, 0.3) is 0 Å². The van der Waals surface area contributed by atoms with Gasteiger partial charge in [0.05, 0.1) is 13.2 Å². The predicted octanol–water partition coefficient (Wildman–Crippen LogP) is 1.20. The van der Waals surface area contributed by atoms with Crippen molar-refractivity contribution in [3.63, 3.8) is 0 Å². The van der Waals surface area contributed by atoms with Crippen molar-refractivity contribution in [1.82, 2.24) is 0 Å². The molecule has 0 saturated heterocycles. The maximum Gasteiger partial charge on any atom is 0.331 e. The van der Waals surface area contributed by atoms with Gasteiger partial charge in [-0.2, -0.15) is 0 Å². The number of hydrogen-bond acceptors (Lipinski definition) is 5. The predicted molar refractivity (Wildman–Crippen MR) is 62.3 cm³/mol. The lowest BCUT2D eigenvalue weighted by atomic mass is 10.2. The SMILES string of the molecule is CCCCCCOC(=O)C=CC(=O)OCCO. The minimum absolute atomic E-state index is 0.0742. The Morgan fingerprint density at radius 1 is 1.00 bits per heavy atom. The Hall–Kier alpha value is -1.36. The molecule has 0 heterocycles. The summed E-state index contributed by atoms with van der Waals surface area (Å²) in [5.74, 6) is -1.22. The van der Waals surface area contributed by atoms with E-state index in [-0.39, 0.29) is 13.2 Å². The average molecular weight is 244 g/mol. The number of ether oxygens (including phenoxy) is 2. The van der Waals surface area contributed by atoms with E-state index in [1.54, 1.807) is 0 Å². The topological polar surface area (TPSA) is 72.8 Å². The third-order valence-electron chi connectivity index (χ3n) is 1.93. The van der Waals surface area contributed by atoms with Gasteiger partial charge in [-0.05, 0) is 6.42 Å². The van der Waals surface area contributed by atoms with Gasteiger partial charge < -0.3 is 14.6 Å². The van der Waals surface area contributed by atoms with Crippen LogP contribution in [0.15, 0.2) is 12.2 Å². The zero-order valence-corrected chi connectivity index (χ0v) is 10.2. The fourth-order valence-electron chi connectivity index (χ4n) is 1.08. The van der Waals surface area contributed by atoms with Gasteiger partial charge in [0.25, 0.3) is 0 Å². The van der Waals surface area contributed by atoms with Crippen molar-refractivity contribution in [2.45, 2.75) is 32.6 Å². The van der Waals surface area contributed by atoms with Crippen molar-refractivity contribution in [3.05, 3.63) is 12.2 Å². The van der Waals surface area contributed by atoms with Crippen molar-refractivity contribution < 1.29 is 24.2 Å². The molecule has 0 aromatic rings. The first kappa shape index (κ1) is 15.6. The van der Waals surface area contributed by atoms with Crippen molar-refractivity contribution in [1.29, 1.82) is 0 Å². The summed E-state index contributed by atoms with van der Waals surface area (Å²) in [4.78, 5) is 22.0. The van der Waals surface area contributed by atoms with Crippen LogP contribution in [0.3, 0.4) is 0 Å². The third-order valence-corrected chi connectivity index (χ3v) is 1.93. The van der Waals surface area contributed by atoms with Gasteiger partial charge in [0.1, 0.15) is 6.61 Å². The monoisotopic (exact) mass is 244 g/mol. The van der Waals surface area contributed by atoms with Crippen LogP contribution in [-0.2, 0) is 19.1 Å². The summed E-state index contributed by atoms with van der Waals surface area (Å²) in [6.45, 7) is 2.16. The first-order valence-corrected chi connectivity index (χ1v) is 5.83. The molecule has 0 aliphatic heterocycles. The quantitative estimate of drug-likeness (QED) is 0.375. The van der Waals surface area contributed by atoms with Crippen molar-refractivity contribution in [3.8, 4) is 0 Å². The number of carbonyl (C=O) groups excluding carboxylic acids is 2. The average Bonchev–Trinajstić information content (AvgIpc) is 2.33. The van der Waals surface area contributed by atoms with Gasteiger partial charge in [0.2, 0.25) is 0 Å². The van der Waals surface area contributed by atoms with Gasteiger partial charge in [-0.15, -0.1) is 0 Å². The van der Waals surface area contributed by atoms with Crippen molar-refractivity contribution >= 4 is 11.9 Å². The summed E-state index contributed by atoms with van der Waals surface area (Å²) in [6, 6.07) is 0. The molecule has 98 valence electrons. The minimum Gasteiger partial charge on any atom is -0.463 e.